The molecule has 3 aromatic carbocycles. The second-order valence-electron chi connectivity index (χ2n) is 6.99. The van der Waals surface area contributed by atoms with Crippen molar-refractivity contribution in [2.75, 3.05) is 12.4 Å². The van der Waals surface area contributed by atoms with Crippen molar-refractivity contribution in [1.29, 1.82) is 0 Å². The van der Waals surface area contributed by atoms with Crippen LogP contribution in [0, 0.1) is 5.82 Å². The van der Waals surface area contributed by atoms with Gasteiger partial charge in [0.2, 0.25) is 0 Å². The van der Waals surface area contributed by atoms with E-state index in [-0.39, 0.29) is 12.3 Å². The normalized spacial score (nSPS) is 11.0. The van der Waals surface area contributed by atoms with Crippen molar-refractivity contribution in [3.8, 4) is 11.5 Å². The SMILES string of the molecule is COc1cc(/C(C)=N/NC(=O)C(=O)Nc2ccc(F)cc2)ccc1OCc1ccc(Cl)cc1Cl. The zero-order valence-corrected chi connectivity index (χ0v) is 19.7. The van der Waals surface area contributed by atoms with E-state index < -0.39 is 17.6 Å². The van der Waals surface area contributed by atoms with Crippen molar-refractivity contribution in [3.63, 3.8) is 0 Å². The van der Waals surface area contributed by atoms with Gasteiger partial charge < -0.3 is 14.8 Å². The van der Waals surface area contributed by atoms with Crippen LogP contribution in [0.2, 0.25) is 10.0 Å². The summed E-state index contributed by atoms with van der Waals surface area (Å²) in [5, 5.41) is 7.34. The summed E-state index contributed by atoms with van der Waals surface area (Å²) in [5.74, 6) is -1.45. The van der Waals surface area contributed by atoms with E-state index in [4.69, 9.17) is 32.7 Å². The number of hydrogen-bond acceptors (Lipinski definition) is 5. The van der Waals surface area contributed by atoms with Crippen molar-refractivity contribution < 1.29 is 23.5 Å². The first-order valence-electron chi connectivity index (χ1n) is 9.93. The molecule has 10 heteroatoms. The Morgan fingerprint density at radius 3 is 2.38 bits per heavy atom. The fourth-order valence-electron chi connectivity index (χ4n) is 2.78. The number of methoxy groups -OCH3 is 1. The van der Waals surface area contributed by atoms with E-state index >= 15 is 0 Å². The minimum atomic E-state index is -0.976. The molecule has 34 heavy (non-hydrogen) atoms. The number of nitrogens with zero attached hydrogens (tertiary/aromatic N) is 1. The predicted octanol–water partition coefficient (Wildman–Crippen LogP) is 5.20. The van der Waals surface area contributed by atoms with Crippen molar-refractivity contribution in [2.45, 2.75) is 13.5 Å². The minimum Gasteiger partial charge on any atom is -0.493 e. The van der Waals surface area contributed by atoms with Crippen LogP contribution in [-0.4, -0.2) is 24.6 Å². The Labute approximate surface area is 205 Å². The maximum absolute atomic E-state index is 12.9. The second-order valence-corrected chi connectivity index (χ2v) is 7.83. The van der Waals surface area contributed by atoms with Gasteiger partial charge in [-0.15, -0.1) is 0 Å². The molecule has 0 unspecified atom stereocenters. The highest BCUT2D eigenvalue weighted by Gasteiger charge is 2.14. The van der Waals surface area contributed by atoms with Crippen molar-refractivity contribution in [2.24, 2.45) is 5.10 Å². The molecule has 0 saturated heterocycles. The number of hydrogen-bond donors (Lipinski definition) is 2. The van der Waals surface area contributed by atoms with Crippen LogP contribution in [-0.2, 0) is 16.2 Å². The highest BCUT2D eigenvalue weighted by atomic mass is 35.5. The van der Waals surface area contributed by atoms with E-state index in [0.29, 0.717) is 32.8 Å². The molecule has 2 N–H and O–H groups in total. The zero-order chi connectivity index (χ0) is 24.7. The summed E-state index contributed by atoms with van der Waals surface area (Å²) in [6.45, 7) is 1.86. The smallest absolute Gasteiger partial charge is 0.329 e. The Balaban J connectivity index is 1.63. The second kappa shape index (κ2) is 11.5. The van der Waals surface area contributed by atoms with E-state index in [0.717, 1.165) is 5.56 Å². The molecule has 0 saturated carbocycles. The minimum absolute atomic E-state index is 0.206. The molecule has 0 atom stereocenters. The van der Waals surface area contributed by atoms with Gasteiger partial charge in [0.05, 0.1) is 12.8 Å². The third-order valence-corrected chi connectivity index (χ3v) is 5.20. The van der Waals surface area contributed by atoms with E-state index in [9.17, 15) is 14.0 Å². The molecule has 0 aliphatic rings. The van der Waals surface area contributed by atoms with Gasteiger partial charge >= 0.3 is 11.8 Å². The number of carbonyl (C=O) groups excluding carboxylic acids is 2. The predicted molar refractivity (Wildman–Crippen MR) is 129 cm³/mol. The number of rotatable bonds is 7. The highest BCUT2D eigenvalue weighted by molar-refractivity contribution is 6.39. The molecule has 0 aliphatic heterocycles. The molecule has 7 nitrogen and oxygen atoms in total. The van der Waals surface area contributed by atoms with Crippen LogP contribution < -0.4 is 20.2 Å². The van der Waals surface area contributed by atoms with Crippen molar-refractivity contribution in [3.05, 3.63) is 87.7 Å². The van der Waals surface area contributed by atoms with Gasteiger partial charge in [0.25, 0.3) is 0 Å². The van der Waals surface area contributed by atoms with Gasteiger partial charge in [-0.05, 0) is 61.5 Å². The standard InChI is InChI=1S/C24H20Cl2FN3O4/c1-14(29-30-24(32)23(31)28-19-8-6-18(27)7-9-19)15-4-10-21(22(11-15)33-2)34-13-16-3-5-17(25)12-20(16)26/h3-12H,13H2,1-2H3,(H,28,31)(H,30,32)/b29-14+. The molecule has 176 valence electrons. The number of halogens is 3. The number of amides is 2. The summed E-state index contributed by atoms with van der Waals surface area (Å²) in [6.07, 6.45) is 0. The van der Waals surface area contributed by atoms with E-state index in [1.54, 1.807) is 43.3 Å². The number of carbonyl (C=O) groups is 2. The van der Waals surface area contributed by atoms with Gasteiger partial charge in [0, 0.05) is 26.9 Å². The Kier molecular flexibility index (Phi) is 8.45. The lowest BCUT2D eigenvalue weighted by molar-refractivity contribution is -0.136. The fraction of sp³-hybridized carbons (Fsp3) is 0.125. The fourth-order valence-corrected chi connectivity index (χ4v) is 3.24. The summed E-state index contributed by atoms with van der Waals surface area (Å²) < 4.78 is 24.2. The van der Waals surface area contributed by atoms with Crippen LogP contribution in [0.1, 0.15) is 18.1 Å². The van der Waals surface area contributed by atoms with Crippen LogP contribution >= 0.6 is 23.2 Å². The first kappa shape index (κ1) is 25.0. The molecule has 2 amide bonds. The lowest BCUT2D eigenvalue weighted by atomic mass is 10.1. The number of nitrogens with one attached hydrogen (secondary N) is 2. The number of anilines is 1. The molecule has 0 bridgehead atoms. The Hall–Kier alpha value is -3.62. The van der Waals surface area contributed by atoms with Gasteiger partial charge in [-0.1, -0.05) is 29.3 Å². The summed E-state index contributed by atoms with van der Waals surface area (Å²) in [5.41, 5.74) is 4.28. The lowest BCUT2D eigenvalue weighted by Crippen LogP contribution is -2.32. The largest absolute Gasteiger partial charge is 0.493 e. The first-order valence-corrected chi connectivity index (χ1v) is 10.7. The van der Waals surface area contributed by atoms with E-state index in [1.165, 1.54) is 31.4 Å². The van der Waals surface area contributed by atoms with Crippen LogP contribution in [0.4, 0.5) is 10.1 Å². The number of benzene rings is 3. The van der Waals surface area contributed by atoms with Crippen molar-refractivity contribution >= 4 is 46.4 Å². The summed E-state index contributed by atoms with van der Waals surface area (Å²) in [7, 11) is 1.50. The molecule has 0 aliphatic carbocycles. The molecular formula is C24H20Cl2FN3O4. The molecule has 0 aromatic heterocycles. The molecule has 0 heterocycles. The third kappa shape index (κ3) is 6.69. The van der Waals surface area contributed by atoms with Crippen LogP contribution in [0.15, 0.2) is 65.8 Å². The van der Waals surface area contributed by atoms with Gasteiger partial charge in [-0.2, -0.15) is 5.10 Å². The van der Waals surface area contributed by atoms with Gasteiger partial charge in [0.15, 0.2) is 11.5 Å². The molecule has 0 radical (unpaired) electrons. The van der Waals surface area contributed by atoms with E-state index in [2.05, 4.69) is 15.8 Å². The van der Waals surface area contributed by atoms with Gasteiger partial charge in [-0.25, -0.2) is 9.82 Å². The van der Waals surface area contributed by atoms with E-state index in [1.807, 2.05) is 0 Å². The molecule has 0 spiro atoms. The molecule has 3 aromatic rings. The number of ether oxygens (including phenoxy) is 2. The Bertz CT molecular complexity index is 1230. The van der Waals surface area contributed by atoms with Crippen LogP contribution in [0.3, 0.4) is 0 Å². The summed E-state index contributed by atoms with van der Waals surface area (Å²) in [4.78, 5) is 24.0. The number of hydrazone groups is 1. The monoisotopic (exact) mass is 503 g/mol. The van der Waals surface area contributed by atoms with Gasteiger partial charge in [-0.3, -0.25) is 9.59 Å². The first-order chi connectivity index (χ1) is 16.3. The molecule has 3 rings (SSSR count). The Morgan fingerprint density at radius 1 is 0.971 bits per heavy atom. The van der Waals surface area contributed by atoms with Crippen LogP contribution in [0.5, 0.6) is 11.5 Å². The maximum Gasteiger partial charge on any atom is 0.329 e. The molecular weight excluding hydrogens is 484 g/mol. The topological polar surface area (TPSA) is 89.0 Å². The molecule has 0 fully saturated rings. The summed E-state index contributed by atoms with van der Waals surface area (Å²) in [6, 6.07) is 15.3. The summed E-state index contributed by atoms with van der Waals surface area (Å²) >= 11 is 12.1. The Morgan fingerprint density at radius 2 is 1.71 bits per heavy atom. The average Bonchev–Trinajstić information content (AvgIpc) is 2.83. The maximum atomic E-state index is 12.9. The van der Waals surface area contributed by atoms with Crippen LogP contribution in [0.25, 0.3) is 0 Å². The quantitative estimate of drug-likeness (QED) is 0.263. The lowest BCUT2D eigenvalue weighted by Gasteiger charge is -2.13. The highest BCUT2D eigenvalue weighted by Crippen LogP contribution is 2.30. The average molecular weight is 504 g/mol. The zero-order valence-electron chi connectivity index (χ0n) is 18.2. The van der Waals surface area contributed by atoms with Gasteiger partial charge in [0.1, 0.15) is 12.4 Å². The third-order valence-electron chi connectivity index (χ3n) is 4.61. The van der Waals surface area contributed by atoms with Crippen molar-refractivity contribution in [1.82, 2.24) is 5.43 Å².